The number of carbonyl (C=O) groups is 1. The number of hydrogen-bond acceptors (Lipinski definition) is 4. The van der Waals surface area contributed by atoms with Crippen LogP contribution in [0.4, 0.5) is 0 Å². The molecule has 0 rings (SSSR count). The molecular formula is C16H28O4P+. The van der Waals surface area contributed by atoms with E-state index in [4.69, 9.17) is 14.7 Å². The van der Waals surface area contributed by atoms with E-state index in [1.54, 1.807) is 0 Å². The molecule has 0 aliphatic carbocycles. The van der Waals surface area contributed by atoms with Gasteiger partial charge in [0, 0.05) is 0 Å². The minimum atomic E-state index is -4.00. The third-order valence-corrected chi connectivity index (χ3v) is 3.63. The predicted molar refractivity (Wildman–Crippen MR) is 88.9 cm³/mol. The minimum Gasteiger partial charge on any atom is -0.290 e. The lowest BCUT2D eigenvalue weighted by Gasteiger charge is -2.02. The summed E-state index contributed by atoms with van der Waals surface area (Å²) in [7, 11) is -4.00. The van der Waals surface area contributed by atoms with Gasteiger partial charge in [-0.15, -0.1) is 0 Å². The molecule has 0 radical (unpaired) electrons. The van der Waals surface area contributed by atoms with Crippen molar-refractivity contribution in [3.05, 3.63) is 34.9 Å². The second-order valence-electron chi connectivity index (χ2n) is 5.72. The Hall–Kier alpha value is -0.800. The van der Waals surface area contributed by atoms with Crippen molar-refractivity contribution in [3.8, 4) is 0 Å². The average molecular weight is 315 g/mol. The van der Waals surface area contributed by atoms with E-state index in [-0.39, 0.29) is 0 Å². The second-order valence-corrected chi connectivity index (χ2v) is 7.42. The first kappa shape index (κ1) is 20.2. The predicted octanol–water partition coefficient (Wildman–Crippen LogP) is 3.71. The van der Waals surface area contributed by atoms with Crippen molar-refractivity contribution in [3.63, 3.8) is 0 Å². The van der Waals surface area contributed by atoms with Gasteiger partial charge in [0.05, 0.1) is 0 Å². The Morgan fingerprint density at radius 1 is 0.905 bits per heavy atom. The second kappa shape index (κ2) is 10.0. The fourth-order valence-electron chi connectivity index (χ4n) is 1.84. The maximum atomic E-state index is 11.4. The third-order valence-electron chi connectivity index (χ3n) is 2.90. The van der Waals surface area contributed by atoms with Crippen LogP contribution in [0.25, 0.3) is 0 Å². The van der Waals surface area contributed by atoms with Gasteiger partial charge in [0.2, 0.25) is 11.9 Å². The Labute approximate surface area is 128 Å². The molecule has 0 amide bonds. The summed E-state index contributed by atoms with van der Waals surface area (Å²) in [5, 5.41) is 0. The summed E-state index contributed by atoms with van der Waals surface area (Å²) >= 11 is 0. The van der Waals surface area contributed by atoms with E-state index in [9.17, 15) is 4.79 Å². The van der Waals surface area contributed by atoms with Crippen molar-refractivity contribution >= 4 is 13.7 Å². The summed E-state index contributed by atoms with van der Waals surface area (Å²) < 4.78 is 0. The first-order valence-electron chi connectivity index (χ1n) is 7.15. The van der Waals surface area contributed by atoms with Crippen LogP contribution in [0.1, 0.15) is 53.4 Å². The Balaban J connectivity index is 4.15. The molecule has 0 aromatic rings. The molecule has 0 fully saturated rings. The summed E-state index contributed by atoms with van der Waals surface area (Å²) in [6, 6.07) is 0. The molecule has 4 nitrogen and oxygen atoms in total. The number of rotatable bonds is 9. The van der Waals surface area contributed by atoms with Gasteiger partial charge in [0.25, 0.3) is 0 Å². The SMILES string of the molecule is CC(C)=CCCC(C)=CCCC(C)=CC(=O)C[P+](O)(O)O. The quantitative estimate of drug-likeness (QED) is 0.344. The lowest BCUT2D eigenvalue weighted by molar-refractivity contribution is -0.112. The van der Waals surface area contributed by atoms with Crippen LogP contribution in [0.5, 0.6) is 0 Å². The molecule has 0 aliphatic heterocycles. The molecule has 0 heterocycles. The molecule has 5 heteroatoms. The molecule has 0 aromatic heterocycles. The fourth-order valence-corrected chi connectivity index (χ4v) is 2.35. The highest BCUT2D eigenvalue weighted by atomic mass is 31.2. The van der Waals surface area contributed by atoms with Gasteiger partial charge in [0.15, 0.2) is 0 Å². The zero-order chi connectivity index (χ0) is 16.5. The highest BCUT2D eigenvalue weighted by molar-refractivity contribution is 7.59. The van der Waals surface area contributed by atoms with Crippen LogP contribution in [-0.4, -0.2) is 26.6 Å². The van der Waals surface area contributed by atoms with E-state index in [2.05, 4.69) is 32.9 Å². The average Bonchev–Trinajstić information content (AvgIpc) is 2.25. The molecule has 0 saturated carbocycles. The number of hydrogen-bond donors (Lipinski definition) is 3. The van der Waals surface area contributed by atoms with Gasteiger partial charge < -0.3 is 0 Å². The van der Waals surface area contributed by atoms with E-state index in [1.165, 1.54) is 17.2 Å². The summed E-state index contributed by atoms with van der Waals surface area (Å²) in [6.07, 6.45) is 8.86. The lowest BCUT2D eigenvalue weighted by Crippen LogP contribution is -2.06. The van der Waals surface area contributed by atoms with Gasteiger partial charge in [-0.3, -0.25) is 4.79 Å². The molecule has 0 aromatic carbocycles. The zero-order valence-corrected chi connectivity index (χ0v) is 14.4. The summed E-state index contributed by atoms with van der Waals surface area (Å²) in [5.41, 5.74) is 3.54. The van der Waals surface area contributed by atoms with E-state index in [1.807, 2.05) is 6.92 Å². The molecule has 0 bridgehead atoms. The molecule has 0 unspecified atom stereocenters. The van der Waals surface area contributed by atoms with E-state index in [0.29, 0.717) is 0 Å². The third kappa shape index (κ3) is 13.9. The van der Waals surface area contributed by atoms with Crippen molar-refractivity contribution in [2.24, 2.45) is 0 Å². The number of carbonyl (C=O) groups excluding carboxylic acids is 1. The number of allylic oxidation sites excluding steroid dienone is 6. The Kier molecular flexibility index (Phi) is 9.63. The van der Waals surface area contributed by atoms with E-state index in [0.717, 1.165) is 31.3 Å². The van der Waals surface area contributed by atoms with Crippen LogP contribution in [0, 0.1) is 0 Å². The summed E-state index contributed by atoms with van der Waals surface area (Å²) in [6.45, 7) is 8.11. The molecular weight excluding hydrogens is 287 g/mol. The van der Waals surface area contributed by atoms with Gasteiger partial charge in [-0.25, -0.2) is 0 Å². The van der Waals surface area contributed by atoms with Crippen molar-refractivity contribution in [1.29, 1.82) is 0 Å². The van der Waals surface area contributed by atoms with Crippen LogP contribution in [0.15, 0.2) is 34.9 Å². The summed E-state index contributed by atoms with van der Waals surface area (Å²) in [4.78, 5) is 37.9. The van der Waals surface area contributed by atoms with Gasteiger partial charge in [-0.1, -0.05) is 28.9 Å². The topological polar surface area (TPSA) is 77.8 Å². The molecule has 3 N–H and O–H groups in total. The fraction of sp³-hybridized carbons (Fsp3) is 0.562. The largest absolute Gasteiger partial charge is 0.411 e. The van der Waals surface area contributed by atoms with Gasteiger partial charge in [-0.05, 0) is 59.5 Å². The maximum absolute atomic E-state index is 11.4. The Bertz CT molecular complexity index is 424. The van der Waals surface area contributed by atoms with Crippen molar-refractivity contribution in [2.45, 2.75) is 53.4 Å². The molecule has 0 spiro atoms. The van der Waals surface area contributed by atoms with Crippen LogP contribution in [0.2, 0.25) is 0 Å². The molecule has 120 valence electrons. The highest BCUT2D eigenvalue weighted by Gasteiger charge is 2.32. The standard InChI is InChI=1S/C16H28O4P/c1-13(2)7-5-8-14(3)9-6-10-15(4)11-16(17)12-21(18,19)20/h7,9,11,18-20H,5-6,8,10,12H2,1-4H3/q+1. The van der Waals surface area contributed by atoms with Crippen LogP contribution in [0.3, 0.4) is 0 Å². The molecule has 0 saturated heterocycles. The van der Waals surface area contributed by atoms with Crippen LogP contribution >= 0.6 is 7.94 Å². The number of ketones is 1. The molecule has 21 heavy (non-hydrogen) atoms. The normalized spacial score (nSPS) is 13.3. The van der Waals surface area contributed by atoms with E-state index >= 15 is 0 Å². The monoisotopic (exact) mass is 315 g/mol. The Morgan fingerprint density at radius 3 is 1.95 bits per heavy atom. The van der Waals surface area contributed by atoms with Gasteiger partial charge >= 0.3 is 7.94 Å². The summed E-state index contributed by atoms with van der Waals surface area (Å²) in [5.74, 6) is -0.447. The first-order valence-corrected chi connectivity index (χ1v) is 8.98. The maximum Gasteiger partial charge on any atom is 0.411 e. The van der Waals surface area contributed by atoms with Gasteiger partial charge in [-0.2, -0.15) is 14.7 Å². The van der Waals surface area contributed by atoms with Gasteiger partial charge in [0.1, 0.15) is 0 Å². The highest BCUT2D eigenvalue weighted by Crippen LogP contribution is 2.44. The van der Waals surface area contributed by atoms with Crippen molar-refractivity contribution in [1.82, 2.24) is 0 Å². The molecule has 0 aliphatic rings. The molecule has 0 atom stereocenters. The van der Waals surface area contributed by atoms with Crippen LogP contribution in [-0.2, 0) is 4.79 Å². The van der Waals surface area contributed by atoms with Crippen molar-refractivity contribution < 1.29 is 19.5 Å². The smallest absolute Gasteiger partial charge is 0.290 e. The minimum absolute atomic E-state index is 0.447. The first-order chi connectivity index (χ1) is 9.60. The van der Waals surface area contributed by atoms with Crippen LogP contribution < -0.4 is 0 Å². The van der Waals surface area contributed by atoms with E-state index < -0.39 is 19.9 Å². The zero-order valence-electron chi connectivity index (χ0n) is 13.5. The van der Waals surface area contributed by atoms with Crippen molar-refractivity contribution in [2.75, 3.05) is 6.16 Å². The lowest BCUT2D eigenvalue weighted by atomic mass is 10.1. The Morgan fingerprint density at radius 2 is 1.43 bits per heavy atom.